The molecule has 0 aliphatic carbocycles. The molecule has 6 nitrogen and oxygen atoms in total. The zero-order valence-corrected chi connectivity index (χ0v) is 38.3. The Morgan fingerprint density at radius 2 is 0.589 bits per heavy atom. The number of hydrogen-bond donors (Lipinski definition) is 0. The molecule has 0 bridgehead atoms. The van der Waals surface area contributed by atoms with Crippen molar-refractivity contribution in [2.24, 2.45) is 11.8 Å². The van der Waals surface area contributed by atoms with E-state index in [-0.39, 0.29) is 31.1 Å². The average molecular weight is 793 g/mol. The van der Waals surface area contributed by atoms with Crippen LogP contribution in [-0.2, 0) is 28.6 Å². The zero-order chi connectivity index (χ0) is 41.2. The lowest BCUT2D eigenvalue weighted by atomic mass is 10.0. The highest BCUT2D eigenvalue weighted by atomic mass is 16.6. The second-order valence-electron chi connectivity index (χ2n) is 18.1. The van der Waals surface area contributed by atoms with Crippen molar-refractivity contribution < 1.29 is 28.6 Å². The van der Waals surface area contributed by atoms with Crippen molar-refractivity contribution in [1.82, 2.24) is 0 Å². The first-order chi connectivity index (χ1) is 27.2. The number of hydrogen-bond acceptors (Lipinski definition) is 6. The Labute approximate surface area is 348 Å². The molecule has 332 valence electrons. The summed E-state index contributed by atoms with van der Waals surface area (Å²) in [5.74, 6) is 0.789. The first-order valence-electron chi connectivity index (χ1n) is 24.7. The van der Waals surface area contributed by atoms with Gasteiger partial charge < -0.3 is 14.2 Å². The van der Waals surface area contributed by atoms with Crippen molar-refractivity contribution in [1.29, 1.82) is 0 Å². The van der Waals surface area contributed by atoms with Crippen molar-refractivity contribution in [3.8, 4) is 0 Å². The summed E-state index contributed by atoms with van der Waals surface area (Å²) in [4.78, 5) is 37.8. The molecule has 0 unspecified atom stereocenters. The smallest absolute Gasteiger partial charge is 0.306 e. The van der Waals surface area contributed by atoms with Crippen LogP contribution in [-0.4, -0.2) is 37.2 Å². The van der Waals surface area contributed by atoms with Crippen LogP contribution in [0.5, 0.6) is 0 Å². The molecule has 56 heavy (non-hydrogen) atoms. The predicted octanol–water partition coefficient (Wildman–Crippen LogP) is 15.8. The highest BCUT2D eigenvalue weighted by molar-refractivity contribution is 5.71. The number of unbranched alkanes of at least 4 members (excludes halogenated alkanes) is 29. The van der Waals surface area contributed by atoms with Crippen molar-refractivity contribution >= 4 is 17.9 Å². The maximum atomic E-state index is 12.8. The lowest BCUT2D eigenvalue weighted by molar-refractivity contribution is -0.167. The molecule has 0 fully saturated rings. The Kier molecular flexibility index (Phi) is 41.8. The van der Waals surface area contributed by atoms with E-state index < -0.39 is 6.10 Å². The largest absolute Gasteiger partial charge is 0.462 e. The molecule has 6 heteroatoms. The van der Waals surface area contributed by atoms with Crippen molar-refractivity contribution in [3.63, 3.8) is 0 Å². The van der Waals surface area contributed by atoms with E-state index in [1.165, 1.54) is 161 Å². The SMILES string of the molecule is CCCCCCCCCCCC(=O)OC[C@H](COC(=O)CCCCCCCCCCC(C)C)OC(=O)CCCCCCCCCCCCCCCCCC(C)C. The van der Waals surface area contributed by atoms with Gasteiger partial charge in [-0.2, -0.15) is 0 Å². The summed E-state index contributed by atoms with van der Waals surface area (Å²) in [6, 6.07) is 0. The van der Waals surface area contributed by atoms with E-state index >= 15 is 0 Å². The monoisotopic (exact) mass is 793 g/mol. The van der Waals surface area contributed by atoms with E-state index in [2.05, 4.69) is 34.6 Å². The van der Waals surface area contributed by atoms with E-state index in [4.69, 9.17) is 14.2 Å². The molecule has 0 aromatic rings. The molecule has 0 aromatic heterocycles. The van der Waals surface area contributed by atoms with Gasteiger partial charge in [-0.3, -0.25) is 14.4 Å². The van der Waals surface area contributed by atoms with E-state index in [0.717, 1.165) is 69.6 Å². The van der Waals surface area contributed by atoms with Crippen LogP contribution in [0.25, 0.3) is 0 Å². The summed E-state index contributed by atoms with van der Waals surface area (Å²) in [7, 11) is 0. The topological polar surface area (TPSA) is 78.9 Å². The van der Waals surface area contributed by atoms with Gasteiger partial charge in [0.1, 0.15) is 13.2 Å². The van der Waals surface area contributed by atoms with Gasteiger partial charge in [0.05, 0.1) is 0 Å². The van der Waals surface area contributed by atoms with Gasteiger partial charge in [-0.1, -0.05) is 234 Å². The third-order valence-electron chi connectivity index (χ3n) is 11.2. The van der Waals surface area contributed by atoms with E-state index in [1.807, 2.05) is 0 Å². The molecule has 0 aliphatic rings. The van der Waals surface area contributed by atoms with Crippen LogP contribution in [0.2, 0.25) is 0 Å². The van der Waals surface area contributed by atoms with Gasteiger partial charge in [-0.15, -0.1) is 0 Å². The van der Waals surface area contributed by atoms with Crippen LogP contribution < -0.4 is 0 Å². The maximum absolute atomic E-state index is 12.8. The number of carbonyl (C=O) groups excluding carboxylic acids is 3. The quantitative estimate of drug-likeness (QED) is 0.0347. The Hall–Kier alpha value is -1.59. The lowest BCUT2D eigenvalue weighted by Crippen LogP contribution is -2.30. The lowest BCUT2D eigenvalue weighted by Gasteiger charge is -2.18. The highest BCUT2D eigenvalue weighted by Crippen LogP contribution is 2.17. The summed E-state index contributed by atoms with van der Waals surface area (Å²) in [5, 5.41) is 0. The third kappa shape index (κ3) is 43.5. The fourth-order valence-corrected chi connectivity index (χ4v) is 7.46. The molecule has 0 heterocycles. The molecule has 0 rings (SSSR count). The molecule has 0 radical (unpaired) electrons. The molecular formula is C50H96O6. The summed E-state index contributed by atoms with van der Waals surface area (Å²) < 4.78 is 16.7. The van der Waals surface area contributed by atoms with Gasteiger partial charge in [0, 0.05) is 19.3 Å². The van der Waals surface area contributed by atoms with Crippen LogP contribution in [0, 0.1) is 11.8 Å². The third-order valence-corrected chi connectivity index (χ3v) is 11.2. The first kappa shape index (κ1) is 54.4. The minimum atomic E-state index is -0.760. The fourth-order valence-electron chi connectivity index (χ4n) is 7.46. The van der Waals surface area contributed by atoms with Crippen LogP contribution in [0.15, 0.2) is 0 Å². The molecular weight excluding hydrogens is 697 g/mol. The zero-order valence-electron chi connectivity index (χ0n) is 38.3. The minimum absolute atomic E-state index is 0.0646. The van der Waals surface area contributed by atoms with Crippen molar-refractivity contribution in [2.45, 2.75) is 278 Å². The number of esters is 3. The second kappa shape index (κ2) is 43.0. The average Bonchev–Trinajstić information content (AvgIpc) is 3.16. The summed E-state index contributed by atoms with van der Waals surface area (Å²) in [5.41, 5.74) is 0. The molecule has 0 saturated heterocycles. The normalized spacial score (nSPS) is 12.1. The second-order valence-corrected chi connectivity index (χ2v) is 18.1. The fraction of sp³-hybridized carbons (Fsp3) is 0.940. The van der Waals surface area contributed by atoms with Crippen molar-refractivity contribution in [2.75, 3.05) is 13.2 Å². The Bertz CT molecular complexity index is 854. The highest BCUT2D eigenvalue weighted by Gasteiger charge is 2.19. The standard InChI is InChI=1S/C50H96O6/c1-6-7-8-9-10-18-25-30-35-40-48(51)54-43-47(44-55-49(52)41-36-31-26-22-21-24-29-34-39-46(4)5)56-50(53)42-37-32-27-20-17-15-13-11-12-14-16-19-23-28-33-38-45(2)3/h45-47H,6-44H2,1-5H3/t47-/m1/s1. The Morgan fingerprint density at radius 3 is 0.875 bits per heavy atom. The Morgan fingerprint density at radius 1 is 0.339 bits per heavy atom. The molecule has 0 aliphatic heterocycles. The molecule has 0 spiro atoms. The van der Waals surface area contributed by atoms with Gasteiger partial charge in [-0.25, -0.2) is 0 Å². The van der Waals surface area contributed by atoms with Gasteiger partial charge in [0.2, 0.25) is 0 Å². The van der Waals surface area contributed by atoms with E-state index in [9.17, 15) is 14.4 Å². The maximum Gasteiger partial charge on any atom is 0.306 e. The predicted molar refractivity (Wildman–Crippen MR) is 238 cm³/mol. The summed E-state index contributed by atoms with van der Waals surface area (Å²) in [6.07, 6.45) is 42.4. The van der Waals surface area contributed by atoms with Crippen LogP contribution in [0.3, 0.4) is 0 Å². The molecule has 0 aromatic carbocycles. The van der Waals surface area contributed by atoms with Gasteiger partial charge in [-0.05, 0) is 31.1 Å². The summed E-state index contributed by atoms with van der Waals surface area (Å²) >= 11 is 0. The first-order valence-corrected chi connectivity index (χ1v) is 24.7. The Balaban J connectivity index is 4.25. The van der Waals surface area contributed by atoms with Gasteiger partial charge >= 0.3 is 17.9 Å². The summed E-state index contributed by atoms with van der Waals surface area (Å²) in [6.45, 7) is 11.3. The number of carbonyl (C=O) groups is 3. The molecule has 0 amide bonds. The van der Waals surface area contributed by atoms with Gasteiger partial charge in [0.15, 0.2) is 6.10 Å². The molecule has 0 N–H and O–H groups in total. The number of rotatable bonds is 44. The van der Waals surface area contributed by atoms with E-state index in [0.29, 0.717) is 19.3 Å². The molecule has 0 saturated carbocycles. The number of ether oxygens (including phenoxy) is 3. The minimum Gasteiger partial charge on any atom is -0.462 e. The van der Waals surface area contributed by atoms with Crippen molar-refractivity contribution in [3.05, 3.63) is 0 Å². The van der Waals surface area contributed by atoms with Crippen LogP contribution in [0.4, 0.5) is 0 Å². The molecule has 1 atom stereocenters. The van der Waals surface area contributed by atoms with Gasteiger partial charge in [0.25, 0.3) is 0 Å². The van der Waals surface area contributed by atoms with Crippen LogP contribution >= 0.6 is 0 Å². The van der Waals surface area contributed by atoms with E-state index in [1.54, 1.807) is 0 Å². The van der Waals surface area contributed by atoms with Crippen LogP contribution in [0.1, 0.15) is 272 Å².